The number of benzene rings is 1. The quantitative estimate of drug-likeness (QED) is 0.730. The first kappa shape index (κ1) is 18.6. The zero-order valence-electron chi connectivity index (χ0n) is 13.6. The summed E-state index contributed by atoms with van der Waals surface area (Å²) in [6.07, 6.45) is 0.000290. The molecule has 0 unspecified atom stereocenters. The van der Waals surface area contributed by atoms with E-state index in [0.29, 0.717) is 18.0 Å². The van der Waals surface area contributed by atoms with Gasteiger partial charge < -0.3 is 19.1 Å². The Bertz CT molecular complexity index is 723. The van der Waals surface area contributed by atoms with Gasteiger partial charge in [0.05, 0.1) is 20.1 Å². The maximum Gasteiger partial charge on any atom is 0.387 e. The summed E-state index contributed by atoms with van der Waals surface area (Å²) in [6.45, 7) is -2.34. The van der Waals surface area contributed by atoms with Gasteiger partial charge in [0.25, 0.3) is 0 Å². The molecule has 136 valence electrons. The Labute approximate surface area is 142 Å². The van der Waals surface area contributed by atoms with Crippen LogP contribution >= 0.6 is 0 Å². The Kier molecular flexibility index (Phi) is 6.23. The van der Waals surface area contributed by atoms with Gasteiger partial charge in [-0.1, -0.05) is 5.16 Å². The first-order valence-electron chi connectivity index (χ1n) is 7.25. The fourth-order valence-corrected chi connectivity index (χ4v) is 2.03. The van der Waals surface area contributed by atoms with E-state index in [1.807, 2.05) is 0 Å². The zero-order chi connectivity index (χ0) is 18.4. The summed E-state index contributed by atoms with van der Waals surface area (Å²) in [5, 5.41) is 12.5. The monoisotopic (exact) mass is 357 g/mol. The summed E-state index contributed by atoms with van der Waals surface area (Å²) in [6, 6.07) is 4.29. The molecule has 0 fully saturated rings. The molecule has 1 heterocycles. The van der Waals surface area contributed by atoms with Crippen LogP contribution in [0.2, 0.25) is 0 Å². The van der Waals surface area contributed by atoms with Crippen LogP contribution in [0.3, 0.4) is 0 Å². The van der Waals surface area contributed by atoms with Gasteiger partial charge in [-0.15, -0.1) is 0 Å². The number of halogens is 2. The molecule has 2 rings (SSSR count). The second-order valence-corrected chi connectivity index (χ2v) is 5.14. The van der Waals surface area contributed by atoms with Crippen LogP contribution in [-0.2, 0) is 11.3 Å². The maximum absolute atomic E-state index is 12.3. The fourth-order valence-electron chi connectivity index (χ4n) is 2.03. The van der Waals surface area contributed by atoms with Gasteiger partial charge in [-0.25, -0.2) is 0 Å². The average Bonchev–Trinajstić information content (AvgIpc) is 3.01. The number of nitrogens with zero attached hydrogens (tertiary/aromatic N) is 3. The number of hydrogen-bond donors (Lipinski definition) is 1. The number of ether oxygens (including phenoxy) is 2. The van der Waals surface area contributed by atoms with E-state index in [1.165, 1.54) is 25.3 Å². The van der Waals surface area contributed by atoms with Crippen molar-refractivity contribution in [3.8, 4) is 22.9 Å². The van der Waals surface area contributed by atoms with Gasteiger partial charge in [0.2, 0.25) is 11.7 Å². The smallest absolute Gasteiger partial charge is 0.387 e. The molecule has 0 saturated carbocycles. The third kappa shape index (κ3) is 5.38. The summed E-state index contributed by atoms with van der Waals surface area (Å²) < 4.78 is 39.2. The largest absolute Gasteiger partial charge is 0.493 e. The number of methoxy groups -OCH3 is 1. The minimum Gasteiger partial charge on any atom is -0.493 e. The number of hydrogen-bond acceptors (Lipinski definition) is 7. The van der Waals surface area contributed by atoms with Gasteiger partial charge in [0.15, 0.2) is 11.5 Å². The van der Waals surface area contributed by atoms with Crippen LogP contribution in [0, 0.1) is 0 Å². The molecule has 0 bridgehead atoms. The Balaban J connectivity index is 2.09. The topological polar surface area (TPSA) is 97.9 Å². The molecule has 8 nitrogen and oxygen atoms in total. The third-order valence-electron chi connectivity index (χ3n) is 3.22. The average molecular weight is 357 g/mol. The minimum absolute atomic E-state index is 0.000290. The highest BCUT2D eigenvalue weighted by molar-refractivity contribution is 5.66. The molecular weight excluding hydrogens is 340 g/mol. The van der Waals surface area contributed by atoms with Gasteiger partial charge in [-0.2, -0.15) is 13.8 Å². The lowest BCUT2D eigenvalue weighted by Crippen LogP contribution is -2.21. The molecule has 1 aromatic heterocycles. The molecule has 25 heavy (non-hydrogen) atoms. The first-order chi connectivity index (χ1) is 11.9. The van der Waals surface area contributed by atoms with E-state index in [0.717, 1.165) is 0 Å². The van der Waals surface area contributed by atoms with Gasteiger partial charge in [0.1, 0.15) is 0 Å². The molecular formula is C15H17F2N3O5. The Morgan fingerprint density at radius 3 is 2.80 bits per heavy atom. The Morgan fingerprint density at radius 1 is 1.40 bits per heavy atom. The van der Waals surface area contributed by atoms with E-state index in [-0.39, 0.29) is 30.3 Å². The lowest BCUT2D eigenvalue weighted by atomic mass is 10.2. The maximum atomic E-state index is 12.3. The summed E-state index contributed by atoms with van der Waals surface area (Å²) >= 11 is 0. The summed E-state index contributed by atoms with van der Waals surface area (Å²) in [5.41, 5.74) is 0.502. The van der Waals surface area contributed by atoms with Crippen molar-refractivity contribution in [2.75, 3.05) is 20.7 Å². The minimum atomic E-state index is -2.96. The van der Waals surface area contributed by atoms with Crippen molar-refractivity contribution in [3.05, 3.63) is 24.1 Å². The molecule has 0 saturated heterocycles. The molecule has 1 N–H and O–H groups in total. The van der Waals surface area contributed by atoms with Crippen LogP contribution in [0.5, 0.6) is 11.5 Å². The number of alkyl halides is 2. The van der Waals surface area contributed by atoms with E-state index in [9.17, 15) is 13.6 Å². The predicted octanol–water partition coefficient (Wildman–Crippen LogP) is 2.25. The number of aliphatic carboxylic acids is 1. The van der Waals surface area contributed by atoms with Crippen LogP contribution in [0.25, 0.3) is 11.4 Å². The number of rotatable bonds is 9. The van der Waals surface area contributed by atoms with Gasteiger partial charge in [-0.3, -0.25) is 9.69 Å². The Morgan fingerprint density at radius 2 is 2.16 bits per heavy atom. The zero-order valence-corrected chi connectivity index (χ0v) is 13.6. The SMILES string of the molecule is COc1cc(-c2noc(CN(C)CCC(=O)O)n2)ccc1OC(F)F. The van der Waals surface area contributed by atoms with Crippen molar-refractivity contribution < 1.29 is 32.7 Å². The van der Waals surface area contributed by atoms with Crippen molar-refractivity contribution in [1.82, 2.24) is 15.0 Å². The van der Waals surface area contributed by atoms with Crippen molar-refractivity contribution in [2.45, 2.75) is 19.6 Å². The lowest BCUT2D eigenvalue weighted by molar-refractivity contribution is -0.137. The number of carboxylic acid groups (broad SMARTS) is 1. The van der Waals surface area contributed by atoms with E-state index in [4.69, 9.17) is 14.4 Å². The van der Waals surface area contributed by atoms with Crippen LogP contribution < -0.4 is 9.47 Å². The van der Waals surface area contributed by atoms with E-state index < -0.39 is 12.6 Å². The highest BCUT2D eigenvalue weighted by atomic mass is 19.3. The van der Waals surface area contributed by atoms with Crippen molar-refractivity contribution in [1.29, 1.82) is 0 Å². The van der Waals surface area contributed by atoms with Gasteiger partial charge in [0, 0.05) is 12.1 Å². The molecule has 10 heteroatoms. The first-order valence-corrected chi connectivity index (χ1v) is 7.25. The molecule has 0 radical (unpaired) electrons. The van der Waals surface area contributed by atoms with Crippen LogP contribution in [-0.4, -0.2) is 53.4 Å². The van der Waals surface area contributed by atoms with Crippen molar-refractivity contribution in [3.63, 3.8) is 0 Å². The lowest BCUT2D eigenvalue weighted by Gasteiger charge is -2.11. The Hall–Kier alpha value is -2.75. The van der Waals surface area contributed by atoms with Crippen LogP contribution in [0.4, 0.5) is 8.78 Å². The van der Waals surface area contributed by atoms with Crippen molar-refractivity contribution in [2.24, 2.45) is 0 Å². The van der Waals surface area contributed by atoms with Gasteiger partial charge >= 0.3 is 12.6 Å². The highest BCUT2D eigenvalue weighted by Gasteiger charge is 2.15. The molecule has 0 aliphatic heterocycles. The molecule has 0 aliphatic carbocycles. The molecule has 0 spiro atoms. The van der Waals surface area contributed by atoms with Crippen molar-refractivity contribution >= 4 is 5.97 Å². The van der Waals surface area contributed by atoms with Crippen LogP contribution in [0.1, 0.15) is 12.3 Å². The summed E-state index contributed by atoms with van der Waals surface area (Å²) in [7, 11) is 3.06. The third-order valence-corrected chi connectivity index (χ3v) is 3.22. The molecule has 0 atom stereocenters. The fraction of sp³-hybridized carbons (Fsp3) is 0.400. The second kappa shape index (κ2) is 8.38. The highest BCUT2D eigenvalue weighted by Crippen LogP contribution is 2.32. The van der Waals surface area contributed by atoms with E-state index in [1.54, 1.807) is 11.9 Å². The van der Waals surface area contributed by atoms with E-state index in [2.05, 4.69) is 14.9 Å². The molecule has 0 amide bonds. The molecule has 0 aliphatic rings. The normalized spacial score (nSPS) is 11.1. The standard InChI is InChI=1S/C15H17F2N3O5/c1-20(6-5-13(21)22)8-12-18-14(19-25-12)9-3-4-10(24-15(16)17)11(7-9)23-2/h3-4,7,15H,5-6,8H2,1-2H3,(H,21,22). The number of carbonyl (C=O) groups is 1. The number of aromatic nitrogens is 2. The molecule has 2 aromatic rings. The van der Waals surface area contributed by atoms with Gasteiger partial charge in [-0.05, 0) is 25.2 Å². The van der Waals surface area contributed by atoms with E-state index >= 15 is 0 Å². The second-order valence-electron chi connectivity index (χ2n) is 5.14. The van der Waals surface area contributed by atoms with Crippen LogP contribution in [0.15, 0.2) is 22.7 Å². The summed E-state index contributed by atoms with van der Waals surface area (Å²) in [5.74, 6) is -0.323. The number of carboxylic acids is 1. The predicted molar refractivity (Wildman–Crippen MR) is 81.5 cm³/mol. The molecule has 1 aromatic carbocycles. The summed E-state index contributed by atoms with van der Waals surface area (Å²) in [4.78, 5) is 16.5.